The zero-order valence-electron chi connectivity index (χ0n) is 19.6. The summed E-state index contributed by atoms with van der Waals surface area (Å²) in [6.45, 7) is 0.791. The first-order chi connectivity index (χ1) is 18.0. The van der Waals surface area contributed by atoms with Gasteiger partial charge in [0.1, 0.15) is 22.9 Å². The molecule has 1 aliphatic rings. The van der Waals surface area contributed by atoms with Crippen LogP contribution in [0.1, 0.15) is 23.7 Å². The van der Waals surface area contributed by atoms with Gasteiger partial charge < -0.3 is 15.3 Å². The largest absolute Gasteiger partial charge is 0.455 e. The van der Waals surface area contributed by atoms with Crippen LogP contribution in [0.3, 0.4) is 0 Å². The average molecular weight is 629 g/mol. The zero-order valence-corrected chi connectivity index (χ0v) is 21.2. The Kier molecular flexibility index (Phi) is 7.40. The summed E-state index contributed by atoms with van der Waals surface area (Å²) < 4.78 is 110. The number of β-amino-alcohol motifs (C(OH)–C–C–N with tert-alkyl or cyclic N) is 1. The van der Waals surface area contributed by atoms with Gasteiger partial charge in [0, 0.05) is 31.4 Å². The van der Waals surface area contributed by atoms with Gasteiger partial charge in [0.05, 0.1) is 22.0 Å². The van der Waals surface area contributed by atoms with Crippen LogP contribution in [-0.4, -0.2) is 57.9 Å². The highest BCUT2D eigenvalue weighted by molar-refractivity contribution is 9.10. The summed E-state index contributed by atoms with van der Waals surface area (Å²) in [5, 5.41) is 10.8. The molecule has 1 unspecified atom stereocenters. The Morgan fingerprint density at radius 3 is 2.31 bits per heavy atom. The van der Waals surface area contributed by atoms with Crippen LogP contribution in [0.5, 0.6) is 0 Å². The molecule has 3 heterocycles. The minimum absolute atomic E-state index is 0.117. The molecule has 1 saturated heterocycles. The minimum atomic E-state index is -6.03. The summed E-state index contributed by atoms with van der Waals surface area (Å²) in [4.78, 5) is 31.8. The van der Waals surface area contributed by atoms with Gasteiger partial charge in [-0.05, 0) is 35.3 Å². The number of amides is 1. The van der Waals surface area contributed by atoms with Crippen LogP contribution >= 0.6 is 15.9 Å². The number of pyridine rings is 2. The van der Waals surface area contributed by atoms with Gasteiger partial charge in [0.15, 0.2) is 17.3 Å². The fourth-order valence-electron chi connectivity index (χ4n) is 4.08. The van der Waals surface area contributed by atoms with E-state index < -0.39 is 75.3 Å². The molecule has 0 radical (unpaired) electrons. The number of nitrogens with zero attached hydrogens (tertiary/aromatic N) is 3. The third kappa shape index (κ3) is 5.18. The van der Waals surface area contributed by atoms with Crippen molar-refractivity contribution in [1.29, 1.82) is 0 Å². The van der Waals surface area contributed by atoms with Crippen molar-refractivity contribution < 1.29 is 45.0 Å². The van der Waals surface area contributed by atoms with Crippen LogP contribution in [0, 0.1) is 17.5 Å². The number of aromatic nitrogens is 2. The second-order valence-electron chi connectivity index (χ2n) is 8.83. The number of hydrogen-bond donors (Lipinski definition) is 2. The lowest BCUT2D eigenvalue weighted by Gasteiger charge is -2.26. The summed E-state index contributed by atoms with van der Waals surface area (Å²) in [5.41, 5.74) is -3.71. The van der Waals surface area contributed by atoms with Gasteiger partial charge in [-0.1, -0.05) is 0 Å². The maximum absolute atomic E-state index is 14.8. The highest BCUT2D eigenvalue weighted by Gasteiger charge is 2.61. The van der Waals surface area contributed by atoms with Gasteiger partial charge in [-0.15, -0.1) is 0 Å². The van der Waals surface area contributed by atoms with Crippen LogP contribution in [0.4, 0.5) is 40.9 Å². The second kappa shape index (κ2) is 10.0. The molecule has 1 fully saturated rings. The molecule has 0 aliphatic carbocycles. The van der Waals surface area contributed by atoms with Crippen LogP contribution in [0.15, 0.2) is 33.7 Å². The summed E-state index contributed by atoms with van der Waals surface area (Å²) in [7, 11) is 0. The molecule has 0 saturated carbocycles. The first-order valence-corrected chi connectivity index (χ1v) is 11.9. The molecule has 1 aromatic carbocycles. The Hall–Kier alpha value is -3.27. The minimum Gasteiger partial charge on any atom is -0.391 e. The van der Waals surface area contributed by atoms with E-state index in [1.807, 2.05) is 0 Å². The molecule has 1 aliphatic heterocycles. The van der Waals surface area contributed by atoms with E-state index >= 15 is 0 Å². The van der Waals surface area contributed by atoms with E-state index in [4.69, 9.17) is 0 Å². The number of carbonyl (C=O) groups excluding carboxylic acids is 1. The van der Waals surface area contributed by atoms with E-state index in [0.717, 1.165) is 6.07 Å². The topological polar surface area (TPSA) is 87.5 Å². The quantitative estimate of drug-likeness (QED) is 0.408. The molecule has 16 heteroatoms. The number of alkyl halides is 5. The maximum atomic E-state index is 14.8. The number of carbonyl (C=O) groups is 1. The number of nitrogens with one attached hydrogen (secondary N) is 1. The van der Waals surface area contributed by atoms with Crippen molar-refractivity contribution in [1.82, 2.24) is 14.9 Å². The fraction of sp³-hybridized carbons (Fsp3) is 0.348. The van der Waals surface area contributed by atoms with Crippen molar-refractivity contribution in [2.45, 2.75) is 37.6 Å². The fourth-order valence-corrected chi connectivity index (χ4v) is 4.65. The van der Waals surface area contributed by atoms with Gasteiger partial charge in [0.2, 0.25) is 5.43 Å². The average Bonchev–Trinajstić information content (AvgIpc) is 3.24. The van der Waals surface area contributed by atoms with E-state index in [1.54, 1.807) is 4.90 Å². The van der Waals surface area contributed by atoms with Gasteiger partial charge in [0.25, 0.3) is 5.91 Å². The second-order valence-corrected chi connectivity index (χ2v) is 9.68. The van der Waals surface area contributed by atoms with E-state index in [9.17, 15) is 49.8 Å². The van der Waals surface area contributed by atoms with Gasteiger partial charge in [-0.2, -0.15) is 22.0 Å². The van der Waals surface area contributed by atoms with E-state index in [2.05, 4.69) is 20.9 Å². The standard InChI is InChI=1S/C23H17BrF8N4O3/c1-9(22(28,29)23(30,31)32)33-21(39)13-8-36(17-15(26)4-10(25)5-16(17)27)19-12(18(13)38)6-14(24)20(34-19)35-3-2-11(37)7-35/h4-6,8-9,11,37H,2-3,7H2,1H3,(H,33,39)/t9?,11-/m0/s1. The Morgan fingerprint density at radius 1 is 1.15 bits per heavy atom. The molecule has 0 bridgehead atoms. The number of aliphatic hydroxyl groups is 1. The van der Waals surface area contributed by atoms with Crippen molar-refractivity contribution in [2.24, 2.45) is 0 Å². The van der Waals surface area contributed by atoms with Gasteiger partial charge in [-0.3, -0.25) is 14.2 Å². The molecule has 39 heavy (non-hydrogen) atoms. The molecule has 2 aromatic heterocycles. The Balaban J connectivity index is 1.95. The van der Waals surface area contributed by atoms with E-state index in [0.29, 0.717) is 42.8 Å². The molecule has 2 atom stereocenters. The number of fused-ring (bicyclic) bond motifs is 1. The number of halogens is 9. The Labute approximate surface area is 222 Å². The lowest BCUT2D eigenvalue weighted by Crippen LogP contribution is -2.54. The number of benzene rings is 1. The molecule has 2 N–H and O–H groups in total. The third-order valence-corrected chi connectivity index (χ3v) is 6.70. The van der Waals surface area contributed by atoms with Crippen molar-refractivity contribution in [3.05, 3.63) is 62.1 Å². The number of anilines is 1. The monoisotopic (exact) mass is 628 g/mol. The smallest absolute Gasteiger partial charge is 0.391 e. The number of hydrogen-bond acceptors (Lipinski definition) is 5. The summed E-state index contributed by atoms with van der Waals surface area (Å²) in [5.74, 6) is -11.2. The lowest BCUT2D eigenvalue weighted by molar-refractivity contribution is -0.290. The number of aliphatic hydroxyl groups excluding tert-OH is 1. The first kappa shape index (κ1) is 28.7. The molecular formula is C23H17BrF8N4O3. The van der Waals surface area contributed by atoms with Crippen LogP contribution in [0.25, 0.3) is 16.7 Å². The predicted molar refractivity (Wildman–Crippen MR) is 126 cm³/mol. The predicted octanol–water partition coefficient (Wildman–Crippen LogP) is 4.45. The van der Waals surface area contributed by atoms with Crippen molar-refractivity contribution in [3.63, 3.8) is 0 Å². The van der Waals surface area contributed by atoms with E-state index in [-0.39, 0.29) is 16.8 Å². The van der Waals surface area contributed by atoms with Crippen LogP contribution < -0.4 is 15.6 Å². The van der Waals surface area contributed by atoms with Crippen molar-refractivity contribution in [2.75, 3.05) is 18.0 Å². The summed E-state index contributed by atoms with van der Waals surface area (Å²) >= 11 is 3.19. The normalized spacial score (nSPS) is 17.1. The van der Waals surface area contributed by atoms with Crippen LogP contribution in [-0.2, 0) is 0 Å². The molecule has 7 nitrogen and oxygen atoms in total. The SMILES string of the molecule is CC(NC(=O)c1cn(-c2c(F)cc(F)cc2F)c2nc(N3CC[C@H](O)C3)c(Br)cc2c1=O)C(F)(F)C(F)(F)F. The molecule has 0 spiro atoms. The highest BCUT2D eigenvalue weighted by Crippen LogP contribution is 2.38. The van der Waals surface area contributed by atoms with Crippen LogP contribution in [0.2, 0.25) is 0 Å². The van der Waals surface area contributed by atoms with Crippen molar-refractivity contribution in [3.8, 4) is 5.69 Å². The molecule has 3 aromatic rings. The number of rotatable bonds is 5. The lowest BCUT2D eigenvalue weighted by atomic mass is 10.1. The summed E-state index contributed by atoms with van der Waals surface area (Å²) in [6, 6.07) is -1.12. The third-order valence-electron chi connectivity index (χ3n) is 6.11. The molecular weight excluding hydrogens is 612 g/mol. The van der Waals surface area contributed by atoms with Gasteiger partial charge in [-0.25, -0.2) is 18.2 Å². The Morgan fingerprint density at radius 2 is 1.77 bits per heavy atom. The van der Waals surface area contributed by atoms with Crippen molar-refractivity contribution >= 4 is 38.7 Å². The summed E-state index contributed by atoms with van der Waals surface area (Å²) in [6.07, 6.45) is -5.87. The molecule has 210 valence electrons. The highest BCUT2D eigenvalue weighted by atomic mass is 79.9. The molecule has 1 amide bonds. The first-order valence-electron chi connectivity index (χ1n) is 11.1. The zero-order chi connectivity index (χ0) is 29.0. The van der Waals surface area contributed by atoms with Gasteiger partial charge >= 0.3 is 12.1 Å². The maximum Gasteiger partial charge on any atom is 0.455 e. The Bertz CT molecular complexity index is 1500. The van der Waals surface area contributed by atoms with E-state index in [1.165, 1.54) is 5.32 Å². The molecule has 4 rings (SSSR count).